The fourth-order valence-corrected chi connectivity index (χ4v) is 4.47. The average molecular weight is 421 g/mol. The number of carbonyl (C=O) groups is 2. The van der Waals surface area contributed by atoms with E-state index >= 15 is 0 Å². The smallest absolute Gasteiger partial charge is 0.256 e. The predicted molar refractivity (Wildman–Crippen MR) is 116 cm³/mol. The standard InChI is InChI=1S/C23H24N4O2S/c28-21(13-17-7-2-1-3-8-17)26-22(20-10-4-5-11-24-20)18-9-6-12-27(15-18)23(29)19-14-25-30-16-19/h1-5,7-8,10-11,14,16,18,22H,6,9,12-13,15H2,(H,26,28). The van der Waals surface area contributed by atoms with Crippen LogP contribution >= 0.6 is 11.5 Å². The Hall–Kier alpha value is -3.06. The highest BCUT2D eigenvalue weighted by molar-refractivity contribution is 7.03. The monoisotopic (exact) mass is 420 g/mol. The van der Waals surface area contributed by atoms with E-state index in [9.17, 15) is 9.59 Å². The first kappa shape index (κ1) is 20.2. The molecule has 7 heteroatoms. The van der Waals surface area contributed by atoms with Crippen LogP contribution in [0.2, 0.25) is 0 Å². The molecule has 2 aromatic heterocycles. The predicted octanol–water partition coefficient (Wildman–Crippen LogP) is 3.49. The van der Waals surface area contributed by atoms with E-state index in [2.05, 4.69) is 14.7 Å². The van der Waals surface area contributed by atoms with Crippen molar-refractivity contribution in [2.75, 3.05) is 13.1 Å². The first-order valence-electron chi connectivity index (χ1n) is 10.1. The van der Waals surface area contributed by atoms with Gasteiger partial charge in [0.05, 0.1) is 29.9 Å². The molecule has 1 saturated heterocycles. The summed E-state index contributed by atoms with van der Waals surface area (Å²) in [6.45, 7) is 1.31. The zero-order valence-corrected chi connectivity index (χ0v) is 17.4. The van der Waals surface area contributed by atoms with E-state index in [4.69, 9.17) is 0 Å². The van der Waals surface area contributed by atoms with Crippen molar-refractivity contribution in [3.8, 4) is 0 Å². The second-order valence-electron chi connectivity index (χ2n) is 7.53. The van der Waals surface area contributed by atoms with Crippen LogP contribution in [0.3, 0.4) is 0 Å². The lowest BCUT2D eigenvalue weighted by Gasteiger charge is -2.37. The van der Waals surface area contributed by atoms with Gasteiger partial charge in [0.25, 0.3) is 5.91 Å². The van der Waals surface area contributed by atoms with Crippen molar-refractivity contribution in [3.05, 3.63) is 83.1 Å². The van der Waals surface area contributed by atoms with Gasteiger partial charge in [0, 0.05) is 30.6 Å². The molecule has 3 heterocycles. The van der Waals surface area contributed by atoms with Crippen molar-refractivity contribution in [2.45, 2.75) is 25.3 Å². The first-order chi connectivity index (χ1) is 14.7. The van der Waals surface area contributed by atoms with E-state index in [0.717, 1.165) is 30.6 Å². The summed E-state index contributed by atoms with van der Waals surface area (Å²) < 4.78 is 4.05. The van der Waals surface area contributed by atoms with E-state index in [0.29, 0.717) is 18.5 Å². The molecule has 0 radical (unpaired) electrons. The van der Waals surface area contributed by atoms with Crippen LogP contribution in [0, 0.1) is 5.92 Å². The summed E-state index contributed by atoms with van der Waals surface area (Å²) in [7, 11) is 0. The molecule has 6 nitrogen and oxygen atoms in total. The van der Waals surface area contributed by atoms with E-state index < -0.39 is 0 Å². The zero-order valence-electron chi connectivity index (χ0n) is 16.6. The summed E-state index contributed by atoms with van der Waals surface area (Å²) in [4.78, 5) is 32.0. The molecule has 0 spiro atoms. The third kappa shape index (κ3) is 4.91. The summed E-state index contributed by atoms with van der Waals surface area (Å²) in [5.41, 5.74) is 2.43. The van der Waals surface area contributed by atoms with Crippen LogP contribution in [0.5, 0.6) is 0 Å². The summed E-state index contributed by atoms with van der Waals surface area (Å²) in [5.74, 6) is 0.0649. The molecule has 2 amide bonds. The largest absolute Gasteiger partial charge is 0.347 e. The molecule has 1 aliphatic rings. The Morgan fingerprint density at radius 1 is 1.17 bits per heavy atom. The Kier molecular flexibility index (Phi) is 6.49. The maximum atomic E-state index is 12.8. The number of aromatic nitrogens is 2. The number of pyridine rings is 1. The molecule has 0 saturated carbocycles. The molecule has 1 N–H and O–H groups in total. The minimum atomic E-state index is -0.237. The van der Waals surface area contributed by atoms with Gasteiger partial charge in [-0.15, -0.1) is 0 Å². The number of nitrogens with one attached hydrogen (secondary N) is 1. The normalized spacial score (nSPS) is 17.3. The zero-order chi connectivity index (χ0) is 20.8. The quantitative estimate of drug-likeness (QED) is 0.662. The van der Waals surface area contributed by atoms with E-state index in [1.54, 1.807) is 17.8 Å². The Morgan fingerprint density at radius 2 is 2.00 bits per heavy atom. The van der Waals surface area contributed by atoms with Crippen molar-refractivity contribution >= 4 is 23.3 Å². The number of benzene rings is 1. The SMILES string of the molecule is O=C(Cc1ccccc1)NC(c1ccccn1)C1CCCN(C(=O)c2cnsc2)C1. The summed E-state index contributed by atoms with van der Waals surface area (Å²) in [6.07, 6.45) is 5.51. The summed E-state index contributed by atoms with van der Waals surface area (Å²) in [6, 6.07) is 15.2. The Bertz CT molecular complexity index is 963. The molecule has 1 fully saturated rings. The Labute approximate surface area is 180 Å². The molecule has 2 atom stereocenters. The van der Waals surface area contributed by atoms with Crippen molar-refractivity contribution < 1.29 is 9.59 Å². The van der Waals surface area contributed by atoms with Gasteiger partial charge in [0.1, 0.15) is 0 Å². The third-order valence-electron chi connectivity index (χ3n) is 5.43. The van der Waals surface area contributed by atoms with Crippen LogP contribution in [0.1, 0.15) is 40.5 Å². The van der Waals surface area contributed by atoms with Crippen molar-refractivity contribution in [1.82, 2.24) is 19.6 Å². The maximum Gasteiger partial charge on any atom is 0.256 e. The van der Waals surface area contributed by atoms with Crippen LogP contribution < -0.4 is 5.32 Å². The number of nitrogens with zero attached hydrogens (tertiary/aromatic N) is 3. The maximum absolute atomic E-state index is 12.8. The van der Waals surface area contributed by atoms with E-state index in [-0.39, 0.29) is 23.8 Å². The molecule has 154 valence electrons. The number of likely N-dealkylation sites (tertiary alicyclic amines) is 1. The first-order valence-corrected chi connectivity index (χ1v) is 11.0. The van der Waals surface area contributed by atoms with Crippen molar-refractivity contribution in [1.29, 1.82) is 0 Å². The van der Waals surface area contributed by atoms with Gasteiger partial charge in [-0.05, 0) is 42.1 Å². The molecule has 3 aromatic rings. The minimum absolute atomic E-state index is 0.00355. The molecular weight excluding hydrogens is 396 g/mol. The lowest BCUT2D eigenvalue weighted by Crippen LogP contribution is -2.45. The minimum Gasteiger partial charge on any atom is -0.347 e. The van der Waals surface area contributed by atoms with Crippen LogP contribution in [0.25, 0.3) is 0 Å². The molecule has 30 heavy (non-hydrogen) atoms. The van der Waals surface area contributed by atoms with Crippen LogP contribution in [-0.2, 0) is 11.2 Å². The van der Waals surface area contributed by atoms with Gasteiger partial charge in [-0.25, -0.2) is 4.37 Å². The number of amides is 2. The van der Waals surface area contributed by atoms with Crippen LogP contribution in [0.15, 0.2) is 66.3 Å². The van der Waals surface area contributed by atoms with Crippen LogP contribution in [-0.4, -0.2) is 39.2 Å². The van der Waals surface area contributed by atoms with Gasteiger partial charge in [0.2, 0.25) is 5.91 Å². The Morgan fingerprint density at radius 3 is 2.73 bits per heavy atom. The van der Waals surface area contributed by atoms with E-state index in [1.807, 2.05) is 53.4 Å². The number of piperidine rings is 1. The number of carbonyl (C=O) groups excluding carboxylic acids is 2. The number of hydrogen-bond acceptors (Lipinski definition) is 5. The molecular formula is C23H24N4O2S. The molecule has 1 aliphatic heterocycles. The average Bonchev–Trinajstić information content (AvgIpc) is 3.33. The molecule has 1 aromatic carbocycles. The van der Waals surface area contributed by atoms with Crippen molar-refractivity contribution in [3.63, 3.8) is 0 Å². The number of rotatable bonds is 6. The highest BCUT2D eigenvalue weighted by Gasteiger charge is 2.32. The van der Waals surface area contributed by atoms with Gasteiger partial charge >= 0.3 is 0 Å². The second-order valence-corrected chi connectivity index (χ2v) is 8.19. The van der Waals surface area contributed by atoms with Gasteiger partial charge in [-0.1, -0.05) is 36.4 Å². The van der Waals surface area contributed by atoms with Crippen molar-refractivity contribution in [2.24, 2.45) is 5.92 Å². The highest BCUT2D eigenvalue weighted by Crippen LogP contribution is 2.30. The van der Waals surface area contributed by atoms with Crippen LogP contribution in [0.4, 0.5) is 0 Å². The molecule has 0 bridgehead atoms. The van der Waals surface area contributed by atoms with Gasteiger partial charge in [0.15, 0.2) is 0 Å². The number of hydrogen-bond donors (Lipinski definition) is 1. The topological polar surface area (TPSA) is 75.2 Å². The lowest BCUT2D eigenvalue weighted by molar-refractivity contribution is -0.121. The lowest BCUT2D eigenvalue weighted by atomic mass is 9.88. The second kappa shape index (κ2) is 9.63. The van der Waals surface area contributed by atoms with Gasteiger partial charge < -0.3 is 10.2 Å². The fourth-order valence-electron chi connectivity index (χ4n) is 3.96. The molecule has 2 unspecified atom stereocenters. The Balaban J connectivity index is 1.50. The summed E-state index contributed by atoms with van der Waals surface area (Å²) in [5, 5.41) is 4.98. The summed E-state index contributed by atoms with van der Waals surface area (Å²) >= 11 is 1.28. The highest BCUT2D eigenvalue weighted by atomic mass is 32.1. The van der Waals surface area contributed by atoms with Gasteiger partial charge in [-0.3, -0.25) is 14.6 Å². The van der Waals surface area contributed by atoms with E-state index in [1.165, 1.54) is 11.5 Å². The molecule has 4 rings (SSSR count). The fraction of sp³-hybridized carbons (Fsp3) is 0.304. The third-order valence-corrected chi connectivity index (χ3v) is 6.01. The molecule has 0 aliphatic carbocycles. The van der Waals surface area contributed by atoms with Gasteiger partial charge in [-0.2, -0.15) is 0 Å².